The molecule has 0 bridgehead atoms. The number of carbonyl (C=O) groups excluding carboxylic acids is 2. The zero-order valence-electron chi connectivity index (χ0n) is 13.8. The largest absolute Gasteiger partial charge is 0.508 e. The molecule has 0 saturated carbocycles. The second-order valence-corrected chi connectivity index (χ2v) is 3.42. The standard InChI is InChI=1S/C8H12O5.C2H6O.2C2H6/c1-3-11-6(9)8(2)4-12-7(10)13-5-8;1-2-3;2*1-2/h3-5H2,1-2H3;3H,2H2,1H3;2*1-2H3. The van der Waals surface area contributed by atoms with Crippen LogP contribution in [-0.2, 0) is 19.0 Å². The lowest BCUT2D eigenvalue weighted by atomic mass is 9.93. The molecule has 0 aromatic rings. The average molecular weight is 294 g/mol. The van der Waals surface area contributed by atoms with E-state index in [1.807, 2.05) is 27.7 Å². The SMILES string of the molecule is CC.CC.CCO.CCOC(=O)C1(C)COC(=O)OC1. The van der Waals surface area contributed by atoms with Crippen LogP contribution in [0, 0.1) is 5.41 Å². The van der Waals surface area contributed by atoms with Crippen LogP contribution in [0.15, 0.2) is 0 Å². The van der Waals surface area contributed by atoms with E-state index in [1.54, 1.807) is 20.8 Å². The molecule has 20 heavy (non-hydrogen) atoms. The van der Waals surface area contributed by atoms with Crippen LogP contribution in [-0.4, -0.2) is 43.7 Å². The van der Waals surface area contributed by atoms with Gasteiger partial charge in [-0.3, -0.25) is 4.79 Å². The Morgan fingerprint density at radius 3 is 1.85 bits per heavy atom. The van der Waals surface area contributed by atoms with Crippen molar-refractivity contribution in [3.63, 3.8) is 0 Å². The van der Waals surface area contributed by atoms with Crippen LogP contribution in [0.4, 0.5) is 4.79 Å². The minimum absolute atomic E-state index is 0.0185. The van der Waals surface area contributed by atoms with E-state index in [4.69, 9.17) is 9.84 Å². The Morgan fingerprint density at radius 2 is 1.55 bits per heavy atom. The summed E-state index contributed by atoms with van der Waals surface area (Å²) in [6.45, 7) is 13.6. The fourth-order valence-electron chi connectivity index (χ4n) is 0.943. The molecule has 1 aliphatic rings. The molecule has 0 radical (unpaired) electrons. The van der Waals surface area contributed by atoms with Gasteiger partial charge < -0.3 is 19.3 Å². The van der Waals surface area contributed by atoms with Crippen molar-refractivity contribution in [2.24, 2.45) is 5.41 Å². The monoisotopic (exact) mass is 294 g/mol. The van der Waals surface area contributed by atoms with Gasteiger partial charge >= 0.3 is 12.1 Å². The first-order valence-corrected chi connectivity index (χ1v) is 7.07. The van der Waals surface area contributed by atoms with E-state index in [1.165, 1.54) is 0 Å². The first-order chi connectivity index (χ1) is 9.50. The van der Waals surface area contributed by atoms with Gasteiger partial charge in [0.25, 0.3) is 0 Å². The molecule has 0 aromatic heterocycles. The van der Waals surface area contributed by atoms with E-state index in [9.17, 15) is 9.59 Å². The highest BCUT2D eigenvalue weighted by Crippen LogP contribution is 2.23. The fourth-order valence-corrected chi connectivity index (χ4v) is 0.943. The smallest absolute Gasteiger partial charge is 0.465 e. The van der Waals surface area contributed by atoms with Gasteiger partial charge in [0.15, 0.2) is 0 Å². The summed E-state index contributed by atoms with van der Waals surface area (Å²) in [5.74, 6) is -0.400. The first-order valence-electron chi connectivity index (χ1n) is 7.07. The van der Waals surface area contributed by atoms with Gasteiger partial charge in [0.2, 0.25) is 0 Å². The molecule has 0 atom stereocenters. The molecular formula is C14H30O6. The Balaban J connectivity index is -0.000000355. The number of carbonyl (C=O) groups is 2. The highest BCUT2D eigenvalue weighted by Gasteiger charge is 2.41. The number of aliphatic hydroxyl groups excluding tert-OH is 1. The molecule has 0 unspecified atom stereocenters. The molecule has 6 heteroatoms. The Kier molecular flexibility index (Phi) is 18.7. The van der Waals surface area contributed by atoms with Crippen molar-refractivity contribution in [2.45, 2.75) is 48.5 Å². The van der Waals surface area contributed by atoms with Crippen molar-refractivity contribution < 1.29 is 28.9 Å². The Bertz CT molecular complexity index is 230. The first kappa shape index (κ1) is 23.8. The second-order valence-electron chi connectivity index (χ2n) is 3.42. The van der Waals surface area contributed by atoms with E-state index in [2.05, 4.69) is 9.47 Å². The molecule has 1 N–H and O–H groups in total. The van der Waals surface area contributed by atoms with Gasteiger partial charge in [0.1, 0.15) is 18.6 Å². The van der Waals surface area contributed by atoms with Crippen LogP contribution in [0.25, 0.3) is 0 Å². The third kappa shape index (κ3) is 10.6. The number of hydrogen-bond acceptors (Lipinski definition) is 6. The van der Waals surface area contributed by atoms with Crippen LogP contribution in [0.3, 0.4) is 0 Å². The minimum atomic E-state index is -0.857. The minimum Gasteiger partial charge on any atom is -0.465 e. The van der Waals surface area contributed by atoms with Crippen molar-refractivity contribution in [2.75, 3.05) is 26.4 Å². The van der Waals surface area contributed by atoms with Crippen molar-refractivity contribution in [3.05, 3.63) is 0 Å². The predicted octanol–water partition coefficient (Wildman–Crippen LogP) is 2.77. The molecule has 1 saturated heterocycles. The summed E-state index contributed by atoms with van der Waals surface area (Å²) in [6, 6.07) is 0. The summed E-state index contributed by atoms with van der Waals surface area (Å²) >= 11 is 0. The van der Waals surface area contributed by atoms with Gasteiger partial charge in [-0.2, -0.15) is 0 Å². The maximum atomic E-state index is 11.3. The number of hydrogen-bond donors (Lipinski definition) is 1. The van der Waals surface area contributed by atoms with E-state index in [0.717, 1.165) is 0 Å². The Hall–Kier alpha value is -1.30. The van der Waals surface area contributed by atoms with Gasteiger partial charge in [-0.25, -0.2) is 4.79 Å². The van der Waals surface area contributed by atoms with Crippen molar-refractivity contribution in [3.8, 4) is 0 Å². The van der Waals surface area contributed by atoms with Crippen LogP contribution in [0.5, 0.6) is 0 Å². The van der Waals surface area contributed by atoms with E-state index >= 15 is 0 Å². The Labute approximate surface area is 122 Å². The molecule has 0 aliphatic carbocycles. The van der Waals surface area contributed by atoms with Crippen LogP contribution in [0.1, 0.15) is 48.5 Å². The lowest BCUT2D eigenvalue weighted by Crippen LogP contribution is -2.44. The zero-order chi connectivity index (χ0) is 16.6. The van der Waals surface area contributed by atoms with Gasteiger partial charge in [-0.1, -0.05) is 27.7 Å². The van der Waals surface area contributed by atoms with Gasteiger partial charge in [0, 0.05) is 6.61 Å². The summed E-state index contributed by atoms with van der Waals surface area (Å²) < 4.78 is 14.0. The summed E-state index contributed by atoms with van der Waals surface area (Å²) in [5.41, 5.74) is -0.857. The van der Waals surface area contributed by atoms with Gasteiger partial charge in [-0.05, 0) is 20.8 Å². The number of ether oxygens (including phenoxy) is 3. The van der Waals surface area contributed by atoms with E-state index in [-0.39, 0.29) is 19.8 Å². The summed E-state index contributed by atoms with van der Waals surface area (Å²) in [7, 11) is 0. The molecular weight excluding hydrogens is 264 g/mol. The molecule has 122 valence electrons. The Morgan fingerprint density at radius 1 is 1.20 bits per heavy atom. The molecule has 0 spiro atoms. The van der Waals surface area contributed by atoms with Crippen LogP contribution >= 0.6 is 0 Å². The summed E-state index contributed by atoms with van der Waals surface area (Å²) in [4.78, 5) is 21.9. The fraction of sp³-hybridized carbons (Fsp3) is 0.857. The third-order valence-electron chi connectivity index (χ3n) is 1.79. The second kappa shape index (κ2) is 15.8. The molecule has 1 rings (SSSR count). The quantitative estimate of drug-likeness (QED) is 0.789. The van der Waals surface area contributed by atoms with Gasteiger partial charge in [-0.15, -0.1) is 0 Å². The highest BCUT2D eigenvalue weighted by atomic mass is 16.7. The van der Waals surface area contributed by atoms with Crippen molar-refractivity contribution in [1.29, 1.82) is 0 Å². The summed E-state index contributed by atoms with van der Waals surface area (Å²) in [6.07, 6.45) is -0.734. The van der Waals surface area contributed by atoms with E-state index < -0.39 is 17.5 Å². The third-order valence-corrected chi connectivity index (χ3v) is 1.79. The zero-order valence-corrected chi connectivity index (χ0v) is 13.8. The molecule has 1 heterocycles. The van der Waals surface area contributed by atoms with Gasteiger partial charge in [0.05, 0.1) is 6.61 Å². The normalized spacial score (nSPS) is 14.5. The van der Waals surface area contributed by atoms with Crippen molar-refractivity contribution in [1.82, 2.24) is 0 Å². The molecule has 6 nitrogen and oxygen atoms in total. The molecule has 0 aromatic carbocycles. The number of aliphatic hydroxyl groups is 1. The average Bonchev–Trinajstić information content (AvgIpc) is 2.48. The molecule has 1 fully saturated rings. The predicted molar refractivity (Wildman–Crippen MR) is 77.5 cm³/mol. The maximum Gasteiger partial charge on any atom is 0.508 e. The summed E-state index contributed by atoms with van der Waals surface area (Å²) in [5, 5.41) is 7.57. The van der Waals surface area contributed by atoms with E-state index in [0.29, 0.717) is 6.61 Å². The lowest BCUT2D eigenvalue weighted by Gasteiger charge is -2.29. The van der Waals surface area contributed by atoms with Crippen LogP contribution in [0.2, 0.25) is 0 Å². The number of rotatable bonds is 2. The molecule has 1 aliphatic heterocycles. The topological polar surface area (TPSA) is 82.1 Å². The van der Waals surface area contributed by atoms with Crippen LogP contribution < -0.4 is 0 Å². The lowest BCUT2D eigenvalue weighted by molar-refractivity contribution is -0.165. The van der Waals surface area contributed by atoms with Crippen molar-refractivity contribution >= 4 is 12.1 Å². The maximum absolute atomic E-state index is 11.3. The number of esters is 1. The molecule has 0 amide bonds. The highest BCUT2D eigenvalue weighted by molar-refractivity contribution is 5.78. The number of cyclic esters (lactones) is 2.